The average molecular weight is 348 g/mol. The lowest BCUT2D eigenvalue weighted by molar-refractivity contribution is 0.0571. The molecule has 0 saturated heterocycles. The predicted octanol–water partition coefficient (Wildman–Crippen LogP) is 4.25. The molecule has 0 N–H and O–H groups in total. The summed E-state index contributed by atoms with van der Waals surface area (Å²) in [6.45, 7) is 3.44. The molecule has 0 spiro atoms. The number of fused-ring (bicyclic) bond motifs is 2. The Bertz CT molecular complexity index is 590. The van der Waals surface area contributed by atoms with Crippen molar-refractivity contribution in [1.29, 1.82) is 0 Å². The Morgan fingerprint density at radius 3 is 1.96 bits per heavy atom. The zero-order valence-electron chi connectivity index (χ0n) is 13.0. The second-order valence-corrected chi connectivity index (χ2v) is 6.67. The molecule has 0 unspecified atom stereocenters. The second-order valence-electron chi connectivity index (χ2n) is 5.14. The SMILES string of the molecule is SCCOCCOCCN1c2ccccc2Sc2ccccc21. The largest absolute Gasteiger partial charge is 0.378 e. The third-order valence-electron chi connectivity index (χ3n) is 3.60. The van der Waals surface area contributed by atoms with Crippen LogP contribution < -0.4 is 4.90 Å². The van der Waals surface area contributed by atoms with E-state index in [1.165, 1.54) is 21.2 Å². The highest BCUT2D eigenvalue weighted by Gasteiger charge is 2.22. The van der Waals surface area contributed by atoms with Gasteiger partial charge >= 0.3 is 0 Å². The third kappa shape index (κ3) is 4.23. The molecule has 3 rings (SSSR count). The fraction of sp³-hybridized carbons (Fsp3) is 0.333. The topological polar surface area (TPSA) is 21.7 Å². The summed E-state index contributed by atoms with van der Waals surface area (Å²) in [4.78, 5) is 4.93. The van der Waals surface area contributed by atoms with Crippen molar-refractivity contribution >= 4 is 35.8 Å². The van der Waals surface area contributed by atoms with Gasteiger partial charge in [0.1, 0.15) is 0 Å². The molecule has 1 aliphatic heterocycles. The Labute approximate surface area is 147 Å². The molecule has 1 heterocycles. The lowest BCUT2D eigenvalue weighted by Gasteiger charge is -2.32. The van der Waals surface area contributed by atoms with Crippen molar-refractivity contribution in [3.63, 3.8) is 0 Å². The highest BCUT2D eigenvalue weighted by molar-refractivity contribution is 7.99. The van der Waals surface area contributed by atoms with Crippen LogP contribution in [0.25, 0.3) is 0 Å². The van der Waals surface area contributed by atoms with Gasteiger partial charge in [0.05, 0.1) is 37.8 Å². The summed E-state index contributed by atoms with van der Waals surface area (Å²) >= 11 is 5.94. The maximum Gasteiger partial charge on any atom is 0.0701 e. The Morgan fingerprint density at radius 2 is 1.35 bits per heavy atom. The van der Waals surface area contributed by atoms with Gasteiger partial charge < -0.3 is 14.4 Å². The van der Waals surface area contributed by atoms with Crippen LogP contribution in [0.4, 0.5) is 11.4 Å². The molecule has 2 aromatic carbocycles. The van der Waals surface area contributed by atoms with Crippen LogP contribution in [-0.4, -0.2) is 38.7 Å². The van der Waals surface area contributed by atoms with Crippen molar-refractivity contribution in [2.24, 2.45) is 0 Å². The van der Waals surface area contributed by atoms with E-state index in [0.29, 0.717) is 26.4 Å². The number of hydrogen-bond acceptors (Lipinski definition) is 5. The van der Waals surface area contributed by atoms with E-state index in [0.717, 1.165) is 12.3 Å². The zero-order chi connectivity index (χ0) is 15.9. The number of nitrogens with zero attached hydrogens (tertiary/aromatic N) is 1. The van der Waals surface area contributed by atoms with Gasteiger partial charge in [0.25, 0.3) is 0 Å². The summed E-state index contributed by atoms with van der Waals surface area (Å²) in [6, 6.07) is 17.1. The summed E-state index contributed by atoms with van der Waals surface area (Å²) in [7, 11) is 0. The maximum absolute atomic E-state index is 5.71. The molecule has 0 saturated carbocycles. The van der Waals surface area contributed by atoms with Gasteiger partial charge in [-0.05, 0) is 24.3 Å². The molecule has 0 fully saturated rings. The molecule has 23 heavy (non-hydrogen) atoms. The summed E-state index contributed by atoms with van der Waals surface area (Å²) in [5, 5.41) is 0. The Morgan fingerprint density at radius 1 is 0.783 bits per heavy atom. The second kappa shape index (κ2) is 8.64. The molecule has 0 radical (unpaired) electrons. The standard InChI is InChI=1S/C18H21NO2S2/c22-14-13-21-12-11-20-10-9-19-15-5-1-3-7-17(15)23-18-8-4-2-6-16(18)19/h1-8,22H,9-14H2. The summed E-state index contributed by atoms with van der Waals surface area (Å²) in [5.74, 6) is 0.749. The average Bonchev–Trinajstić information content (AvgIpc) is 2.60. The van der Waals surface area contributed by atoms with Gasteiger partial charge in [0.15, 0.2) is 0 Å². The summed E-state index contributed by atoms with van der Waals surface area (Å²) < 4.78 is 11.1. The van der Waals surface area contributed by atoms with Crippen LogP contribution in [0.5, 0.6) is 0 Å². The van der Waals surface area contributed by atoms with E-state index in [1.54, 1.807) is 0 Å². The Kier molecular flexibility index (Phi) is 6.28. The van der Waals surface area contributed by atoms with E-state index in [1.807, 2.05) is 11.8 Å². The molecule has 0 amide bonds. The molecule has 0 aromatic heterocycles. The van der Waals surface area contributed by atoms with Crippen molar-refractivity contribution in [2.75, 3.05) is 43.6 Å². The van der Waals surface area contributed by atoms with Gasteiger partial charge in [-0.3, -0.25) is 0 Å². The van der Waals surface area contributed by atoms with Crippen molar-refractivity contribution in [3.05, 3.63) is 48.5 Å². The van der Waals surface area contributed by atoms with Crippen LogP contribution in [0.3, 0.4) is 0 Å². The Hall–Kier alpha value is -1.14. The number of anilines is 2. The number of thiol groups is 1. The smallest absolute Gasteiger partial charge is 0.0701 e. The third-order valence-corrected chi connectivity index (χ3v) is 4.91. The van der Waals surface area contributed by atoms with Gasteiger partial charge in [-0.2, -0.15) is 12.6 Å². The zero-order valence-corrected chi connectivity index (χ0v) is 14.7. The van der Waals surface area contributed by atoms with Crippen LogP contribution >= 0.6 is 24.4 Å². The first-order chi connectivity index (χ1) is 11.4. The molecular weight excluding hydrogens is 326 g/mol. The molecule has 122 valence electrons. The highest BCUT2D eigenvalue weighted by Crippen LogP contribution is 2.47. The van der Waals surface area contributed by atoms with Gasteiger partial charge in [-0.1, -0.05) is 36.0 Å². The van der Waals surface area contributed by atoms with Crippen molar-refractivity contribution < 1.29 is 9.47 Å². The summed E-state index contributed by atoms with van der Waals surface area (Å²) in [5.41, 5.74) is 2.51. The molecule has 5 heteroatoms. The quantitative estimate of drug-likeness (QED) is 0.569. The van der Waals surface area contributed by atoms with Crippen LogP contribution in [0.15, 0.2) is 58.3 Å². The van der Waals surface area contributed by atoms with Crippen LogP contribution in [0.1, 0.15) is 0 Å². The monoisotopic (exact) mass is 347 g/mol. The van der Waals surface area contributed by atoms with E-state index in [9.17, 15) is 0 Å². The Balaban J connectivity index is 1.62. The highest BCUT2D eigenvalue weighted by atomic mass is 32.2. The molecule has 1 aliphatic rings. The summed E-state index contributed by atoms with van der Waals surface area (Å²) in [6.07, 6.45) is 0. The number of rotatable bonds is 8. The van der Waals surface area contributed by atoms with E-state index < -0.39 is 0 Å². The number of ether oxygens (including phenoxy) is 2. The van der Waals surface area contributed by atoms with E-state index in [-0.39, 0.29) is 0 Å². The molecular formula is C18H21NO2S2. The number of benzene rings is 2. The van der Waals surface area contributed by atoms with Crippen LogP contribution in [0.2, 0.25) is 0 Å². The first kappa shape index (κ1) is 16.7. The van der Waals surface area contributed by atoms with Gasteiger partial charge in [-0.15, -0.1) is 0 Å². The van der Waals surface area contributed by atoms with Gasteiger partial charge in [0.2, 0.25) is 0 Å². The molecule has 0 bridgehead atoms. The molecule has 0 aliphatic carbocycles. The molecule has 0 atom stereocenters. The van der Waals surface area contributed by atoms with Crippen molar-refractivity contribution in [2.45, 2.75) is 9.79 Å². The van der Waals surface area contributed by atoms with Crippen LogP contribution in [0, 0.1) is 0 Å². The lowest BCUT2D eigenvalue weighted by atomic mass is 10.2. The first-order valence-electron chi connectivity index (χ1n) is 7.80. The first-order valence-corrected chi connectivity index (χ1v) is 9.25. The van der Waals surface area contributed by atoms with E-state index >= 15 is 0 Å². The van der Waals surface area contributed by atoms with E-state index in [4.69, 9.17) is 9.47 Å². The van der Waals surface area contributed by atoms with Crippen molar-refractivity contribution in [1.82, 2.24) is 0 Å². The minimum Gasteiger partial charge on any atom is -0.378 e. The number of para-hydroxylation sites is 2. The lowest BCUT2D eigenvalue weighted by Crippen LogP contribution is -2.25. The number of hydrogen-bond donors (Lipinski definition) is 1. The van der Waals surface area contributed by atoms with Gasteiger partial charge in [-0.25, -0.2) is 0 Å². The maximum atomic E-state index is 5.71. The normalized spacial score (nSPS) is 12.8. The van der Waals surface area contributed by atoms with E-state index in [2.05, 4.69) is 66.1 Å². The fourth-order valence-electron chi connectivity index (χ4n) is 2.56. The molecule has 3 nitrogen and oxygen atoms in total. The predicted molar refractivity (Wildman–Crippen MR) is 99.5 cm³/mol. The minimum atomic E-state index is 0.625. The minimum absolute atomic E-state index is 0.625. The molecule has 2 aromatic rings. The van der Waals surface area contributed by atoms with Gasteiger partial charge in [0, 0.05) is 22.1 Å². The fourth-order valence-corrected chi connectivity index (χ4v) is 3.79. The van der Waals surface area contributed by atoms with Crippen LogP contribution in [-0.2, 0) is 9.47 Å². The van der Waals surface area contributed by atoms with Crippen molar-refractivity contribution in [3.8, 4) is 0 Å².